The maximum absolute atomic E-state index is 14.4. The number of para-hydroxylation sites is 1. The van der Waals surface area contributed by atoms with Crippen LogP contribution in [0, 0.1) is 5.82 Å². The molecule has 1 aliphatic heterocycles. The van der Waals surface area contributed by atoms with E-state index in [1.54, 1.807) is 24.0 Å². The first-order valence-corrected chi connectivity index (χ1v) is 13.0. The second-order valence-corrected chi connectivity index (χ2v) is 10.9. The minimum Gasteiger partial charge on any atom is -0.490 e. The smallest absolute Gasteiger partial charge is 0.324 e. The number of nitrogens with one attached hydrogen (secondary N) is 3. The number of halogens is 1. The van der Waals surface area contributed by atoms with Gasteiger partial charge in [-0.25, -0.2) is 9.18 Å². The van der Waals surface area contributed by atoms with Crippen LogP contribution in [0.5, 0.6) is 5.75 Å². The molecular formula is C29H33FN6O3. The van der Waals surface area contributed by atoms with Crippen LogP contribution in [0.3, 0.4) is 0 Å². The molecule has 0 spiro atoms. The van der Waals surface area contributed by atoms with Crippen LogP contribution >= 0.6 is 0 Å². The fourth-order valence-corrected chi connectivity index (χ4v) is 4.72. The van der Waals surface area contributed by atoms with E-state index in [0.29, 0.717) is 43.1 Å². The molecule has 1 fully saturated rings. The number of amides is 3. The number of aryl methyl sites for hydroxylation is 1. The second kappa shape index (κ2) is 10.4. The maximum Gasteiger partial charge on any atom is 0.324 e. The molecule has 0 aliphatic carbocycles. The number of rotatable bonds is 5. The number of anilines is 2. The first-order chi connectivity index (χ1) is 18.6. The third-order valence-electron chi connectivity index (χ3n) is 6.87. The van der Waals surface area contributed by atoms with E-state index in [4.69, 9.17) is 4.74 Å². The normalized spacial score (nSPS) is 14.4. The zero-order valence-electron chi connectivity index (χ0n) is 22.5. The Morgan fingerprint density at radius 1 is 1.08 bits per heavy atom. The Hall–Kier alpha value is -4.34. The number of carbonyl (C=O) groups is 2. The molecule has 0 radical (unpaired) electrons. The fraction of sp³-hybridized carbons (Fsp3) is 0.345. The number of H-pyrrole nitrogens is 1. The summed E-state index contributed by atoms with van der Waals surface area (Å²) in [5.74, 6) is 0.309. The van der Waals surface area contributed by atoms with E-state index in [-0.39, 0.29) is 23.1 Å². The number of piperidine rings is 1. The lowest BCUT2D eigenvalue weighted by Crippen LogP contribution is -2.41. The van der Waals surface area contributed by atoms with Crippen LogP contribution in [0.4, 0.5) is 20.7 Å². The van der Waals surface area contributed by atoms with Gasteiger partial charge in [0.05, 0.1) is 11.3 Å². The van der Waals surface area contributed by atoms with Crippen LogP contribution in [0.25, 0.3) is 10.9 Å². The molecule has 5 rings (SSSR count). The van der Waals surface area contributed by atoms with E-state index < -0.39 is 11.8 Å². The number of urea groups is 1. The summed E-state index contributed by atoms with van der Waals surface area (Å²) in [6, 6.07) is 13.1. The van der Waals surface area contributed by atoms with Gasteiger partial charge in [-0.2, -0.15) is 5.10 Å². The number of ether oxygens (including phenoxy) is 1. The SMILES string of the molecule is Cn1nc(C(C)(C)C)cc1NC(=O)Nc1cc(F)cc(OC2CCN(C(=O)c3c[nH]c4ccccc34)CC2)c1. The van der Waals surface area contributed by atoms with Crippen molar-refractivity contribution in [3.63, 3.8) is 0 Å². The lowest BCUT2D eigenvalue weighted by atomic mass is 9.92. The van der Waals surface area contributed by atoms with Crippen LogP contribution < -0.4 is 15.4 Å². The lowest BCUT2D eigenvalue weighted by molar-refractivity contribution is 0.0597. The van der Waals surface area contributed by atoms with Gasteiger partial charge in [-0.15, -0.1) is 0 Å². The van der Waals surface area contributed by atoms with Crippen molar-refractivity contribution in [1.82, 2.24) is 19.7 Å². The summed E-state index contributed by atoms with van der Waals surface area (Å²) in [6.07, 6.45) is 2.81. The third kappa shape index (κ3) is 5.89. The van der Waals surface area contributed by atoms with E-state index in [1.807, 2.05) is 56.0 Å². The molecule has 3 heterocycles. The van der Waals surface area contributed by atoms with Crippen molar-refractivity contribution in [3.8, 4) is 5.75 Å². The first kappa shape index (κ1) is 26.3. The number of nitrogens with zero attached hydrogens (tertiary/aromatic N) is 3. The summed E-state index contributed by atoms with van der Waals surface area (Å²) in [4.78, 5) is 30.7. The standard InChI is InChI=1S/C29H33FN6O3/c1-29(2,3)25-16-26(35(4)34-25)33-28(38)32-19-13-18(30)14-21(15-19)39-20-9-11-36(12-10-20)27(37)23-17-31-24-8-6-5-7-22(23)24/h5-8,13-17,20,31H,9-12H2,1-4H3,(H2,32,33,38). The predicted octanol–water partition coefficient (Wildman–Crippen LogP) is 5.67. The van der Waals surface area contributed by atoms with E-state index in [2.05, 4.69) is 20.7 Å². The van der Waals surface area contributed by atoms with Crippen molar-refractivity contribution in [2.24, 2.45) is 7.05 Å². The minimum atomic E-state index is -0.523. The van der Waals surface area contributed by atoms with Gasteiger partial charge in [-0.3, -0.25) is 14.8 Å². The highest BCUT2D eigenvalue weighted by atomic mass is 19.1. The van der Waals surface area contributed by atoms with Gasteiger partial charge >= 0.3 is 6.03 Å². The van der Waals surface area contributed by atoms with Crippen molar-refractivity contribution in [1.29, 1.82) is 0 Å². The summed E-state index contributed by atoms with van der Waals surface area (Å²) in [5, 5.41) is 10.8. The summed E-state index contributed by atoms with van der Waals surface area (Å²) in [6.45, 7) is 7.19. The molecule has 10 heteroatoms. The Morgan fingerprint density at radius 3 is 2.54 bits per heavy atom. The summed E-state index contributed by atoms with van der Waals surface area (Å²) >= 11 is 0. The zero-order valence-corrected chi connectivity index (χ0v) is 22.5. The van der Waals surface area contributed by atoms with E-state index >= 15 is 0 Å². The number of hydrogen-bond donors (Lipinski definition) is 3. The van der Waals surface area contributed by atoms with E-state index in [9.17, 15) is 14.0 Å². The summed E-state index contributed by atoms with van der Waals surface area (Å²) in [7, 11) is 1.75. The predicted molar refractivity (Wildman–Crippen MR) is 149 cm³/mol. The Labute approximate surface area is 226 Å². The minimum absolute atomic E-state index is 0.0165. The number of hydrogen-bond acceptors (Lipinski definition) is 4. The Morgan fingerprint density at radius 2 is 1.82 bits per heavy atom. The molecule has 204 valence electrons. The Bertz CT molecular complexity index is 1510. The van der Waals surface area contributed by atoms with Crippen LogP contribution in [-0.2, 0) is 12.5 Å². The number of aromatic nitrogens is 3. The molecule has 0 bridgehead atoms. The quantitative estimate of drug-likeness (QED) is 0.308. The van der Waals surface area contributed by atoms with Crippen molar-refractivity contribution in [3.05, 3.63) is 71.8 Å². The van der Waals surface area contributed by atoms with Gasteiger partial charge < -0.3 is 19.9 Å². The highest BCUT2D eigenvalue weighted by Crippen LogP contribution is 2.27. The highest BCUT2D eigenvalue weighted by Gasteiger charge is 2.26. The molecule has 2 aromatic heterocycles. The molecule has 4 aromatic rings. The van der Waals surface area contributed by atoms with Crippen molar-refractivity contribution < 1.29 is 18.7 Å². The molecule has 1 aliphatic rings. The molecule has 39 heavy (non-hydrogen) atoms. The van der Waals surface area contributed by atoms with Gasteiger partial charge in [-0.05, 0) is 12.1 Å². The van der Waals surface area contributed by atoms with Crippen molar-refractivity contribution in [2.75, 3.05) is 23.7 Å². The van der Waals surface area contributed by atoms with Gasteiger partial charge in [0, 0.05) is 79.4 Å². The van der Waals surface area contributed by atoms with Crippen LogP contribution in [-0.4, -0.2) is 50.8 Å². The molecule has 0 atom stereocenters. The Balaban J connectivity index is 1.18. The van der Waals surface area contributed by atoms with Crippen LogP contribution in [0.2, 0.25) is 0 Å². The molecule has 3 N–H and O–H groups in total. The number of benzene rings is 2. The van der Waals surface area contributed by atoms with Gasteiger partial charge in [0.25, 0.3) is 5.91 Å². The van der Waals surface area contributed by atoms with E-state index in [0.717, 1.165) is 16.6 Å². The molecule has 0 saturated carbocycles. The summed E-state index contributed by atoms with van der Waals surface area (Å²) in [5.41, 5.74) is 2.54. The monoisotopic (exact) mass is 532 g/mol. The van der Waals surface area contributed by atoms with Gasteiger partial charge in [-0.1, -0.05) is 39.0 Å². The maximum atomic E-state index is 14.4. The number of likely N-dealkylation sites (tertiary alicyclic amines) is 1. The summed E-state index contributed by atoms with van der Waals surface area (Å²) < 4.78 is 22.0. The van der Waals surface area contributed by atoms with Gasteiger partial charge in [0.2, 0.25) is 0 Å². The van der Waals surface area contributed by atoms with E-state index in [1.165, 1.54) is 12.1 Å². The molecule has 1 saturated heterocycles. The second-order valence-electron chi connectivity index (χ2n) is 10.9. The molecule has 0 unspecified atom stereocenters. The number of carbonyl (C=O) groups excluding carboxylic acids is 2. The molecular weight excluding hydrogens is 499 g/mol. The third-order valence-corrected chi connectivity index (χ3v) is 6.87. The van der Waals surface area contributed by atoms with Crippen LogP contribution in [0.15, 0.2) is 54.7 Å². The lowest BCUT2D eigenvalue weighted by Gasteiger charge is -2.32. The number of aromatic amines is 1. The zero-order chi connectivity index (χ0) is 27.7. The van der Waals surface area contributed by atoms with Crippen molar-refractivity contribution in [2.45, 2.75) is 45.1 Å². The largest absolute Gasteiger partial charge is 0.490 e. The average Bonchev–Trinajstić information content (AvgIpc) is 3.47. The average molecular weight is 533 g/mol. The molecule has 9 nitrogen and oxygen atoms in total. The van der Waals surface area contributed by atoms with Crippen LogP contribution in [0.1, 0.15) is 49.7 Å². The van der Waals surface area contributed by atoms with Crippen molar-refractivity contribution >= 4 is 34.3 Å². The highest BCUT2D eigenvalue weighted by molar-refractivity contribution is 6.06. The fourth-order valence-electron chi connectivity index (χ4n) is 4.72. The van der Waals surface area contributed by atoms with Gasteiger partial charge in [0.1, 0.15) is 23.5 Å². The number of fused-ring (bicyclic) bond motifs is 1. The molecule has 3 amide bonds. The molecule has 2 aromatic carbocycles. The first-order valence-electron chi connectivity index (χ1n) is 13.0. The van der Waals surface area contributed by atoms with Gasteiger partial charge in [0.15, 0.2) is 0 Å². The Kier molecular flexibility index (Phi) is 7.03. The topological polar surface area (TPSA) is 104 Å².